The lowest BCUT2D eigenvalue weighted by molar-refractivity contribution is 0.0929. The maximum Gasteiger partial charge on any atom is 0.307 e. The molecule has 0 spiro atoms. The molecule has 34 heavy (non-hydrogen) atoms. The number of hydrogen-bond acceptors (Lipinski definition) is 5. The Kier molecular flexibility index (Phi) is 7.03. The van der Waals surface area contributed by atoms with Gasteiger partial charge in [0.25, 0.3) is 0 Å². The third kappa shape index (κ3) is 5.32. The average molecular weight is 458 g/mol. The summed E-state index contributed by atoms with van der Waals surface area (Å²) in [6, 6.07) is 18.8. The zero-order chi connectivity index (χ0) is 23.9. The first-order valence-corrected chi connectivity index (χ1v) is 10.6. The minimum absolute atomic E-state index is 0.174. The second kappa shape index (κ2) is 10.5. The van der Waals surface area contributed by atoms with Crippen molar-refractivity contribution in [2.45, 2.75) is 13.0 Å². The number of methoxy groups -OCH3 is 1. The Bertz CT molecular complexity index is 1310. The normalized spacial score (nSPS) is 11.0. The number of carbonyl (C=O) groups is 1. The number of nitrogens with zero attached hydrogens (tertiary/aromatic N) is 1. The van der Waals surface area contributed by atoms with E-state index in [0.29, 0.717) is 29.1 Å². The number of ether oxygens (including phenoxy) is 2. The van der Waals surface area contributed by atoms with Crippen LogP contribution in [0, 0.1) is 5.82 Å². The predicted molar refractivity (Wildman–Crippen MR) is 129 cm³/mol. The molecule has 0 aliphatic rings. The number of nitrogens with one attached hydrogen (secondary N) is 1. The number of carbonyl (C=O) groups excluding carboxylic acids is 1. The third-order valence-corrected chi connectivity index (χ3v) is 5.06. The van der Waals surface area contributed by atoms with Gasteiger partial charge in [-0.15, -0.1) is 6.58 Å². The second-order valence-electron chi connectivity index (χ2n) is 7.47. The molecule has 0 aliphatic heterocycles. The standard InChI is InChI=1S/C27H23FN2O4/c1-3-6-21-13-19(14-24(32-2)26(21)33-17-18-9-11-22(28)12-10-18)16-29-30-27(31)25-15-20-7-4-5-8-23(20)34-25/h3-5,7-16H,1,6,17H2,2H3,(H,30,31)/b29-16+. The summed E-state index contributed by atoms with van der Waals surface area (Å²) in [5.41, 5.74) is 5.47. The quantitative estimate of drug-likeness (QED) is 0.200. The van der Waals surface area contributed by atoms with Crippen LogP contribution in [0.15, 0.2) is 88.9 Å². The minimum Gasteiger partial charge on any atom is -0.493 e. The number of halogens is 1. The number of hydrogen-bond donors (Lipinski definition) is 1. The number of furan rings is 1. The van der Waals surface area contributed by atoms with Crippen LogP contribution in [0.2, 0.25) is 0 Å². The molecule has 3 aromatic carbocycles. The molecule has 0 saturated carbocycles. The largest absolute Gasteiger partial charge is 0.493 e. The van der Waals surface area contributed by atoms with Crippen molar-refractivity contribution in [2.24, 2.45) is 5.10 Å². The average Bonchev–Trinajstić information content (AvgIpc) is 3.29. The van der Waals surface area contributed by atoms with Crippen LogP contribution in [0.3, 0.4) is 0 Å². The fourth-order valence-corrected chi connectivity index (χ4v) is 3.43. The van der Waals surface area contributed by atoms with E-state index >= 15 is 0 Å². The summed E-state index contributed by atoms with van der Waals surface area (Å²) in [7, 11) is 1.54. The van der Waals surface area contributed by atoms with E-state index in [0.717, 1.165) is 16.5 Å². The van der Waals surface area contributed by atoms with Crippen molar-refractivity contribution in [3.8, 4) is 11.5 Å². The van der Waals surface area contributed by atoms with E-state index in [2.05, 4.69) is 17.1 Å². The highest BCUT2D eigenvalue weighted by molar-refractivity contribution is 5.96. The zero-order valence-corrected chi connectivity index (χ0v) is 18.6. The van der Waals surface area contributed by atoms with Crippen molar-refractivity contribution in [2.75, 3.05) is 7.11 Å². The van der Waals surface area contributed by atoms with Gasteiger partial charge in [-0.05, 0) is 53.9 Å². The van der Waals surface area contributed by atoms with Gasteiger partial charge in [-0.25, -0.2) is 9.82 Å². The topological polar surface area (TPSA) is 73.1 Å². The predicted octanol–water partition coefficient (Wildman–Crippen LogP) is 5.65. The lowest BCUT2D eigenvalue weighted by Gasteiger charge is -2.16. The maximum absolute atomic E-state index is 13.2. The summed E-state index contributed by atoms with van der Waals surface area (Å²) in [5.74, 6) is 0.490. The van der Waals surface area contributed by atoms with E-state index in [1.54, 1.807) is 43.5 Å². The van der Waals surface area contributed by atoms with Gasteiger partial charge in [0.05, 0.1) is 13.3 Å². The molecular weight excluding hydrogens is 435 g/mol. The van der Waals surface area contributed by atoms with Crippen molar-refractivity contribution in [3.63, 3.8) is 0 Å². The van der Waals surface area contributed by atoms with Gasteiger partial charge < -0.3 is 13.9 Å². The van der Waals surface area contributed by atoms with E-state index in [1.165, 1.54) is 18.3 Å². The molecule has 0 saturated heterocycles. The Morgan fingerprint density at radius 3 is 2.68 bits per heavy atom. The monoisotopic (exact) mass is 458 g/mol. The van der Waals surface area contributed by atoms with Gasteiger partial charge in [-0.3, -0.25) is 4.79 Å². The SMILES string of the molecule is C=CCc1cc(/C=N/NC(=O)c2cc3ccccc3o2)cc(OC)c1OCc1ccc(F)cc1. The molecule has 6 nitrogen and oxygen atoms in total. The lowest BCUT2D eigenvalue weighted by atomic mass is 10.1. The second-order valence-corrected chi connectivity index (χ2v) is 7.47. The molecule has 1 amide bonds. The van der Waals surface area contributed by atoms with Crippen molar-refractivity contribution in [1.82, 2.24) is 5.43 Å². The van der Waals surface area contributed by atoms with Gasteiger partial charge in [-0.1, -0.05) is 36.4 Å². The molecular formula is C27H23FN2O4. The summed E-state index contributed by atoms with van der Waals surface area (Å²) in [6.07, 6.45) is 3.80. The van der Waals surface area contributed by atoms with Crippen LogP contribution in [-0.2, 0) is 13.0 Å². The summed E-state index contributed by atoms with van der Waals surface area (Å²) >= 11 is 0. The summed E-state index contributed by atoms with van der Waals surface area (Å²) in [4.78, 5) is 12.4. The van der Waals surface area contributed by atoms with Crippen molar-refractivity contribution in [1.29, 1.82) is 0 Å². The minimum atomic E-state index is -0.454. The third-order valence-electron chi connectivity index (χ3n) is 5.06. The van der Waals surface area contributed by atoms with Crippen molar-refractivity contribution >= 4 is 23.1 Å². The summed E-state index contributed by atoms with van der Waals surface area (Å²) in [6.45, 7) is 4.06. The molecule has 7 heteroatoms. The van der Waals surface area contributed by atoms with Gasteiger partial charge in [-0.2, -0.15) is 5.10 Å². The molecule has 1 N–H and O–H groups in total. The first kappa shape index (κ1) is 22.8. The van der Waals surface area contributed by atoms with Crippen LogP contribution < -0.4 is 14.9 Å². The van der Waals surface area contributed by atoms with Crippen molar-refractivity contribution < 1.29 is 23.1 Å². The summed E-state index contributed by atoms with van der Waals surface area (Å²) in [5, 5.41) is 4.89. The number of benzene rings is 3. The highest BCUT2D eigenvalue weighted by Gasteiger charge is 2.14. The Labute approximate surface area is 196 Å². The molecule has 4 aromatic rings. The molecule has 0 aliphatic carbocycles. The zero-order valence-electron chi connectivity index (χ0n) is 18.6. The number of rotatable bonds is 9. The van der Waals surface area contributed by atoms with Crippen LogP contribution in [0.25, 0.3) is 11.0 Å². The number of para-hydroxylation sites is 1. The van der Waals surface area contributed by atoms with E-state index in [1.807, 2.05) is 24.3 Å². The fourth-order valence-electron chi connectivity index (χ4n) is 3.43. The Morgan fingerprint density at radius 1 is 1.15 bits per heavy atom. The Morgan fingerprint density at radius 2 is 1.94 bits per heavy atom. The van der Waals surface area contributed by atoms with Crippen molar-refractivity contribution in [3.05, 3.63) is 108 Å². The first-order valence-electron chi connectivity index (χ1n) is 10.6. The van der Waals surface area contributed by atoms with Gasteiger partial charge in [0, 0.05) is 10.9 Å². The van der Waals surface area contributed by atoms with Crippen LogP contribution in [0.5, 0.6) is 11.5 Å². The molecule has 172 valence electrons. The molecule has 1 aromatic heterocycles. The molecule has 1 heterocycles. The van der Waals surface area contributed by atoms with Gasteiger partial charge >= 0.3 is 5.91 Å². The van der Waals surface area contributed by atoms with Gasteiger partial charge in [0.1, 0.15) is 18.0 Å². The molecule has 0 fully saturated rings. The molecule has 0 unspecified atom stereocenters. The van der Waals surface area contributed by atoms with Crippen LogP contribution >= 0.6 is 0 Å². The molecule has 4 rings (SSSR count). The maximum atomic E-state index is 13.2. The number of allylic oxidation sites excluding steroid dienone is 1. The summed E-state index contributed by atoms with van der Waals surface area (Å²) < 4.78 is 30.2. The first-order chi connectivity index (χ1) is 16.6. The highest BCUT2D eigenvalue weighted by Crippen LogP contribution is 2.34. The van der Waals surface area contributed by atoms with Crippen LogP contribution in [-0.4, -0.2) is 19.2 Å². The van der Waals surface area contributed by atoms with E-state index < -0.39 is 5.91 Å². The molecule has 0 radical (unpaired) electrons. The highest BCUT2D eigenvalue weighted by atomic mass is 19.1. The molecule has 0 bridgehead atoms. The molecule has 0 atom stereocenters. The van der Waals surface area contributed by atoms with Crippen LogP contribution in [0.4, 0.5) is 4.39 Å². The van der Waals surface area contributed by atoms with E-state index in [-0.39, 0.29) is 18.2 Å². The lowest BCUT2D eigenvalue weighted by Crippen LogP contribution is -2.16. The van der Waals surface area contributed by atoms with Crippen LogP contribution in [0.1, 0.15) is 27.2 Å². The van der Waals surface area contributed by atoms with Gasteiger partial charge in [0.2, 0.25) is 0 Å². The Balaban J connectivity index is 1.50. The number of amides is 1. The fraction of sp³-hybridized carbons (Fsp3) is 0.111. The van der Waals surface area contributed by atoms with E-state index in [9.17, 15) is 9.18 Å². The number of fused-ring (bicyclic) bond motifs is 1. The van der Waals surface area contributed by atoms with E-state index in [4.69, 9.17) is 13.9 Å². The number of hydrazone groups is 1. The van der Waals surface area contributed by atoms with Gasteiger partial charge in [0.15, 0.2) is 17.3 Å². The smallest absolute Gasteiger partial charge is 0.307 e. The Hall–Kier alpha value is -4.39.